The Labute approximate surface area is 133 Å². The molecule has 0 saturated carbocycles. The smallest absolute Gasteiger partial charge is 0.0788 e. The lowest BCUT2D eigenvalue weighted by Gasteiger charge is -2.38. The maximum atomic E-state index is 5.86. The number of rotatable bonds is 6. The van der Waals surface area contributed by atoms with Gasteiger partial charge in [-0.05, 0) is 44.8 Å². The molecule has 1 saturated heterocycles. The second kappa shape index (κ2) is 6.88. The van der Waals surface area contributed by atoms with Gasteiger partial charge in [-0.1, -0.05) is 33.0 Å². The molecule has 0 atom stereocenters. The third-order valence-electron chi connectivity index (χ3n) is 4.92. The fourth-order valence-electron chi connectivity index (χ4n) is 3.01. The Morgan fingerprint density at radius 2 is 2.00 bits per heavy atom. The van der Waals surface area contributed by atoms with Gasteiger partial charge in [0, 0.05) is 18.2 Å². The number of thiocarbonyl (C=S) groups is 1. The molecule has 2 rings (SSSR count). The second-order valence-electron chi connectivity index (χ2n) is 6.46. The van der Waals surface area contributed by atoms with Crippen molar-refractivity contribution < 1.29 is 0 Å². The van der Waals surface area contributed by atoms with Crippen LogP contribution >= 0.6 is 12.2 Å². The van der Waals surface area contributed by atoms with Crippen molar-refractivity contribution in [1.29, 1.82) is 0 Å². The lowest BCUT2D eigenvalue weighted by atomic mass is 9.80. The molecule has 0 aliphatic carbocycles. The Bertz CT molecular complexity index is 470. The van der Waals surface area contributed by atoms with E-state index in [0.717, 1.165) is 45.3 Å². The Balaban J connectivity index is 1.91. The van der Waals surface area contributed by atoms with Crippen LogP contribution in [-0.4, -0.2) is 32.8 Å². The van der Waals surface area contributed by atoms with E-state index < -0.39 is 0 Å². The summed E-state index contributed by atoms with van der Waals surface area (Å²) in [6.07, 6.45) is 6.49. The Hall–Kier alpha value is -0.940. The molecule has 2 heterocycles. The average molecular weight is 308 g/mol. The summed E-state index contributed by atoms with van der Waals surface area (Å²) in [5.41, 5.74) is 7.07. The zero-order valence-electron chi connectivity index (χ0n) is 13.5. The third kappa shape index (κ3) is 3.83. The van der Waals surface area contributed by atoms with E-state index in [4.69, 9.17) is 23.1 Å². The minimum Gasteiger partial charge on any atom is -0.393 e. The van der Waals surface area contributed by atoms with E-state index >= 15 is 0 Å². The Morgan fingerprint density at radius 3 is 2.52 bits per heavy atom. The molecule has 5 heteroatoms. The lowest BCUT2D eigenvalue weighted by Crippen LogP contribution is -2.44. The van der Waals surface area contributed by atoms with Crippen molar-refractivity contribution >= 4 is 17.2 Å². The van der Waals surface area contributed by atoms with Gasteiger partial charge >= 0.3 is 0 Å². The fourth-order valence-corrected chi connectivity index (χ4v) is 3.21. The first kappa shape index (κ1) is 16.4. The number of likely N-dealkylation sites (tertiary alicyclic amines) is 1. The summed E-state index contributed by atoms with van der Waals surface area (Å²) in [7, 11) is 0. The van der Waals surface area contributed by atoms with Gasteiger partial charge in [0.1, 0.15) is 0 Å². The molecule has 0 aromatic carbocycles. The van der Waals surface area contributed by atoms with E-state index in [1.165, 1.54) is 5.69 Å². The molecular formula is C16H28N4S. The zero-order valence-corrected chi connectivity index (χ0v) is 14.3. The minimum absolute atomic E-state index is 0.0424. The van der Waals surface area contributed by atoms with Crippen molar-refractivity contribution in [3.05, 3.63) is 18.0 Å². The highest BCUT2D eigenvalue weighted by molar-refractivity contribution is 7.80. The van der Waals surface area contributed by atoms with E-state index in [-0.39, 0.29) is 5.41 Å². The topological polar surface area (TPSA) is 47.1 Å². The predicted molar refractivity (Wildman–Crippen MR) is 91.2 cm³/mol. The molecule has 0 bridgehead atoms. The van der Waals surface area contributed by atoms with Gasteiger partial charge < -0.3 is 5.73 Å². The minimum atomic E-state index is 0.0424. The fraction of sp³-hybridized carbons (Fsp3) is 0.750. The highest BCUT2D eigenvalue weighted by Gasteiger charge is 2.32. The molecule has 1 aromatic heterocycles. The largest absolute Gasteiger partial charge is 0.393 e. The molecule has 118 valence electrons. The zero-order chi connectivity index (χ0) is 15.5. The van der Waals surface area contributed by atoms with Crippen molar-refractivity contribution in [2.24, 2.45) is 11.1 Å². The van der Waals surface area contributed by atoms with Crippen LogP contribution < -0.4 is 5.73 Å². The maximum absolute atomic E-state index is 5.86. The summed E-state index contributed by atoms with van der Waals surface area (Å²) < 4.78 is 2.12. The molecular weight excluding hydrogens is 280 g/mol. The molecule has 2 N–H and O–H groups in total. The monoisotopic (exact) mass is 308 g/mol. The first-order chi connectivity index (χ1) is 9.98. The standard InChI is InChI=1S/C16H28N4S/c1-4-14(5-2)20-9-6-13(18-20)12-19-10-7-16(3,8-11-19)15(17)21/h6,9,14H,4-5,7-8,10-12H2,1-3H3,(H2,17,21). The van der Waals surface area contributed by atoms with E-state index in [2.05, 4.69) is 42.6 Å². The van der Waals surface area contributed by atoms with E-state index in [1.54, 1.807) is 0 Å². The first-order valence-corrected chi connectivity index (χ1v) is 8.45. The summed E-state index contributed by atoms with van der Waals surface area (Å²) in [4.78, 5) is 3.12. The molecule has 1 fully saturated rings. The van der Waals surface area contributed by atoms with E-state index in [9.17, 15) is 0 Å². The molecule has 21 heavy (non-hydrogen) atoms. The number of aromatic nitrogens is 2. The highest BCUT2D eigenvalue weighted by atomic mass is 32.1. The van der Waals surface area contributed by atoms with Gasteiger partial charge in [0.05, 0.1) is 16.7 Å². The van der Waals surface area contributed by atoms with Crippen molar-refractivity contribution in [3.8, 4) is 0 Å². The molecule has 1 aliphatic heterocycles. The lowest BCUT2D eigenvalue weighted by molar-refractivity contribution is 0.156. The Kier molecular flexibility index (Phi) is 5.38. The summed E-state index contributed by atoms with van der Waals surface area (Å²) in [5.74, 6) is 0. The summed E-state index contributed by atoms with van der Waals surface area (Å²) in [6, 6.07) is 2.68. The Morgan fingerprint density at radius 1 is 1.38 bits per heavy atom. The maximum Gasteiger partial charge on any atom is 0.0788 e. The van der Waals surface area contributed by atoms with Crippen molar-refractivity contribution in [1.82, 2.24) is 14.7 Å². The molecule has 0 spiro atoms. The van der Waals surface area contributed by atoms with Crippen molar-refractivity contribution in [2.45, 2.75) is 59.0 Å². The van der Waals surface area contributed by atoms with Gasteiger partial charge in [-0.25, -0.2) is 0 Å². The van der Waals surface area contributed by atoms with E-state index in [1.807, 2.05) is 0 Å². The average Bonchev–Trinajstić information content (AvgIpc) is 2.91. The van der Waals surface area contributed by atoms with Gasteiger partial charge in [-0.15, -0.1) is 0 Å². The van der Waals surface area contributed by atoms with Gasteiger partial charge in [0.2, 0.25) is 0 Å². The summed E-state index contributed by atoms with van der Waals surface area (Å²) >= 11 is 5.20. The van der Waals surface area contributed by atoms with Crippen molar-refractivity contribution in [3.63, 3.8) is 0 Å². The van der Waals surface area contributed by atoms with Crippen LogP contribution in [0.4, 0.5) is 0 Å². The molecule has 0 unspecified atom stereocenters. The normalized spacial score (nSPS) is 19.0. The third-order valence-corrected chi connectivity index (χ3v) is 5.41. The molecule has 4 nitrogen and oxygen atoms in total. The van der Waals surface area contributed by atoms with Crippen LogP contribution in [0, 0.1) is 5.41 Å². The number of piperidine rings is 1. The van der Waals surface area contributed by atoms with Gasteiger partial charge in [0.15, 0.2) is 0 Å². The quantitative estimate of drug-likeness (QED) is 0.820. The molecule has 1 aromatic rings. The van der Waals surface area contributed by atoms with Crippen LogP contribution in [0.5, 0.6) is 0 Å². The number of nitrogens with zero attached hydrogens (tertiary/aromatic N) is 3. The molecule has 0 amide bonds. The number of hydrogen-bond acceptors (Lipinski definition) is 3. The first-order valence-electron chi connectivity index (χ1n) is 8.04. The molecule has 0 radical (unpaired) electrons. The van der Waals surface area contributed by atoms with Gasteiger partial charge in [-0.3, -0.25) is 9.58 Å². The van der Waals surface area contributed by atoms with E-state index in [0.29, 0.717) is 11.0 Å². The second-order valence-corrected chi connectivity index (χ2v) is 6.90. The van der Waals surface area contributed by atoms with Crippen LogP contribution in [0.25, 0.3) is 0 Å². The number of nitrogens with two attached hydrogens (primary N) is 1. The number of hydrogen-bond donors (Lipinski definition) is 1. The van der Waals surface area contributed by atoms with Gasteiger partial charge in [0.25, 0.3) is 0 Å². The summed E-state index contributed by atoms with van der Waals surface area (Å²) in [5, 5.41) is 4.74. The van der Waals surface area contributed by atoms with Gasteiger partial charge in [-0.2, -0.15) is 5.10 Å². The van der Waals surface area contributed by atoms with Crippen LogP contribution in [0.1, 0.15) is 58.2 Å². The van der Waals surface area contributed by atoms with Crippen LogP contribution in [-0.2, 0) is 6.54 Å². The predicted octanol–water partition coefficient (Wildman–Crippen LogP) is 3.13. The SMILES string of the molecule is CCC(CC)n1ccc(CN2CCC(C)(C(N)=S)CC2)n1. The van der Waals surface area contributed by atoms with Crippen LogP contribution in [0.3, 0.4) is 0 Å². The van der Waals surface area contributed by atoms with Crippen molar-refractivity contribution in [2.75, 3.05) is 13.1 Å². The molecule has 1 aliphatic rings. The summed E-state index contributed by atoms with van der Waals surface area (Å²) in [6.45, 7) is 9.65. The van der Waals surface area contributed by atoms with Crippen LogP contribution in [0.2, 0.25) is 0 Å². The highest BCUT2D eigenvalue weighted by Crippen LogP contribution is 2.31. The van der Waals surface area contributed by atoms with Crippen LogP contribution in [0.15, 0.2) is 12.3 Å².